The third-order valence-corrected chi connectivity index (χ3v) is 7.15. The van der Waals surface area contributed by atoms with Gasteiger partial charge >= 0.3 is 5.97 Å². The Bertz CT molecular complexity index is 1720. The summed E-state index contributed by atoms with van der Waals surface area (Å²) in [4.78, 5) is 17.2. The molecule has 0 fully saturated rings. The molecular weight excluding hydrogens is 524 g/mol. The van der Waals surface area contributed by atoms with Gasteiger partial charge in [-0.15, -0.1) is 0 Å². The molecule has 4 aromatic rings. The van der Waals surface area contributed by atoms with Crippen LogP contribution in [0.15, 0.2) is 140 Å². The molecule has 0 radical (unpaired) electrons. The predicted octanol–water partition coefficient (Wildman–Crippen LogP) is 6.01. The minimum absolute atomic E-state index is 0.0684. The molecule has 42 heavy (non-hydrogen) atoms. The molecule has 5 rings (SSSR count). The smallest absolute Gasteiger partial charge is 0.305 e. The minimum atomic E-state index is -0.814. The highest BCUT2D eigenvalue weighted by Gasteiger charge is 2.16. The van der Waals surface area contributed by atoms with Gasteiger partial charge in [-0.1, -0.05) is 91.5 Å². The number of carboxylic acids is 1. The maximum Gasteiger partial charge on any atom is 0.305 e. The van der Waals surface area contributed by atoms with Crippen molar-refractivity contribution in [3.63, 3.8) is 0 Å². The Morgan fingerprint density at radius 2 is 1.76 bits per heavy atom. The second kappa shape index (κ2) is 13.4. The van der Waals surface area contributed by atoms with E-state index in [1.54, 1.807) is 0 Å². The van der Waals surface area contributed by atoms with E-state index in [-0.39, 0.29) is 18.7 Å². The lowest BCUT2D eigenvalue weighted by atomic mass is 9.97. The zero-order valence-corrected chi connectivity index (χ0v) is 23.2. The number of benzene rings is 3. The summed E-state index contributed by atoms with van der Waals surface area (Å²) in [5, 5.41) is 21.0. The molecule has 0 bridgehead atoms. The highest BCUT2D eigenvalue weighted by atomic mass is 17.1. The number of allylic oxidation sites excluding steroid dienone is 7. The molecule has 0 unspecified atom stereocenters. The summed E-state index contributed by atoms with van der Waals surface area (Å²) in [7, 11) is 0. The Morgan fingerprint density at radius 3 is 2.57 bits per heavy atom. The van der Waals surface area contributed by atoms with E-state index >= 15 is 0 Å². The second-order valence-corrected chi connectivity index (χ2v) is 10.1. The Kier molecular flexibility index (Phi) is 9.07. The Hall–Kier alpha value is -5.20. The van der Waals surface area contributed by atoms with Gasteiger partial charge in [0.25, 0.3) is 0 Å². The summed E-state index contributed by atoms with van der Waals surface area (Å²) in [6.07, 6.45) is 15.3. The first-order valence-electron chi connectivity index (χ1n) is 13.8. The van der Waals surface area contributed by atoms with Crippen LogP contribution in [0.5, 0.6) is 0 Å². The van der Waals surface area contributed by atoms with E-state index in [0.29, 0.717) is 6.54 Å². The largest absolute Gasteiger partial charge is 0.664 e. The van der Waals surface area contributed by atoms with Crippen LogP contribution in [0.4, 0.5) is 5.69 Å². The average Bonchev–Trinajstić information content (AvgIpc) is 3.02. The molecule has 2 heterocycles. The minimum Gasteiger partial charge on any atom is -0.664 e. The molecule has 3 aromatic carbocycles. The van der Waals surface area contributed by atoms with Gasteiger partial charge in [-0.25, -0.2) is 0 Å². The predicted molar refractivity (Wildman–Crippen MR) is 165 cm³/mol. The molecule has 6 nitrogen and oxygen atoms in total. The molecule has 1 aliphatic heterocycles. The number of hydrogen-bond donors (Lipinski definition) is 1. The van der Waals surface area contributed by atoms with Crippen molar-refractivity contribution >= 4 is 34.2 Å². The van der Waals surface area contributed by atoms with Crippen LogP contribution in [-0.2, 0) is 22.6 Å². The first-order chi connectivity index (χ1) is 20.5. The van der Waals surface area contributed by atoms with Crippen LogP contribution in [0.25, 0.3) is 22.6 Å². The zero-order chi connectivity index (χ0) is 29.3. The summed E-state index contributed by atoms with van der Waals surface area (Å²) in [6.45, 7) is 4.37. The number of pyridine rings is 1. The lowest BCUT2D eigenvalue weighted by molar-refractivity contribution is -0.708. The molecule has 0 amide bonds. The van der Waals surface area contributed by atoms with E-state index in [0.717, 1.165) is 45.3 Å². The fourth-order valence-electron chi connectivity index (χ4n) is 5.07. The molecule has 0 spiro atoms. The maximum absolute atomic E-state index is 11.2. The molecule has 210 valence electrons. The van der Waals surface area contributed by atoms with Gasteiger partial charge in [0.05, 0.1) is 11.8 Å². The highest BCUT2D eigenvalue weighted by Crippen LogP contribution is 2.33. The molecule has 0 aliphatic carbocycles. The quantitative estimate of drug-likeness (QED) is 0.0806. The van der Waals surface area contributed by atoms with E-state index < -0.39 is 5.97 Å². The molecule has 1 N–H and O–H groups in total. The topological polar surface area (TPSA) is 76.7 Å². The van der Waals surface area contributed by atoms with Crippen molar-refractivity contribution in [3.05, 3.63) is 156 Å². The van der Waals surface area contributed by atoms with Gasteiger partial charge in [0.1, 0.15) is 5.76 Å². The number of rotatable bonds is 11. The Labute approximate surface area is 245 Å². The molecule has 1 aromatic heterocycles. The number of fused-ring (bicyclic) bond motifs is 2. The average molecular weight is 557 g/mol. The van der Waals surface area contributed by atoms with Crippen molar-refractivity contribution < 1.29 is 24.6 Å². The van der Waals surface area contributed by atoms with Crippen molar-refractivity contribution in [3.8, 4) is 0 Å². The third-order valence-electron chi connectivity index (χ3n) is 7.15. The van der Waals surface area contributed by atoms with Gasteiger partial charge in [0.2, 0.25) is 12.1 Å². The summed E-state index contributed by atoms with van der Waals surface area (Å²) in [5.41, 5.74) is 7.48. The molecule has 0 atom stereocenters. The summed E-state index contributed by atoms with van der Waals surface area (Å²) >= 11 is 0. The van der Waals surface area contributed by atoms with E-state index in [1.807, 2.05) is 88.6 Å². The van der Waals surface area contributed by atoms with Crippen LogP contribution in [0.2, 0.25) is 0 Å². The van der Waals surface area contributed by atoms with Gasteiger partial charge in [0.15, 0.2) is 6.20 Å². The van der Waals surface area contributed by atoms with Gasteiger partial charge in [-0.05, 0) is 46.9 Å². The van der Waals surface area contributed by atoms with Crippen LogP contribution < -0.4 is 14.7 Å². The van der Waals surface area contributed by atoms with E-state index in [4.69, 9.17) is 5.11 Å². The van der Waals surface area contributed by atoms with Crippen molar-refractivity contribution in [2.24, 2.45) is 0 Å². The van der Waals surface area contributed by atoms with Crippen LogP contribution in [-0.4, -0.2) is 17.6 Å². The summed E-state index contributed by atoms with van der Waals surface area (Å²) < 4.78 is 1.95. The lowest BCUT2D eigenvalue weighted by Crippen LogP contribution is -2.36. The van der Waals surface area contributed by atoms with Crippen LogP contribution in [0, 0.1) is 0 Å². The summed E-state index contributed by atoms with van der Waals surface area (Å²) in [6, 6.07) is 28.5. The number of aromatic nitrogens is 1. The fourth-order valence-corrected chi connectivity index (χ4v) is 5.07. The van der Waals surface area contributed by atoms with Gasteiger partial charge in [0, 0.05) is 36.1 Å². The summed E-state index contributed by atoms with van der Waals surface area (Å²) in [5.74, 6) is -0.664. The van der Waals surface area contributed by atoms with Crippen molar-refractivity contribution in [1.82, 2.24) is 0 Å². The van der Waals surface area contributed by atoms with E-state index in [9.17, 15) is 10.1 Å². The van der Waals surface area contributed by atoms with Crippen LogP contribution in [0.3, 0.4) is 0 Å². The van der Waals surface area contributed by atoms with Gasteiger partial charge < -0.3 is 20.2 Å². The second-order valence-electron chi connectivity index (χ2n) is 10.1. The Morgan fingerprint density at radius 1 is 1.00 bits per heavy atom. The van der Waals surface area contributed by atoms with Crippen LogP contribution >= 0.6 is 0 Å². The maximum atomic E-state index is 11.2. The van der Waals surface area contributed by atoms with Gasteiger partial charge in [-0.3, -0.25) is 4.79 Å². The molecule has 0 saturated carbocycles. The molecule has 0 saturated heterocycles. The van der Waals surface area contributed by atoms with Crippen LogP contribution in [0.1, 0.15) is 23.1 Å². The monoisotopic (exact) mass is 556 g/mol. The first kappa shape index (κ1) is 28.3. The normalized spacial score (nSPS) is 14.0. The molecule has 6 heteroatoms. The molecular formula is C36H32N2O4. The number of aliphatic carboxylic acids is 1. The Balaban J connectivity index is 1.49. The number of carbonyl (C=O) groups is 1. The number of carboxylic acid groups (broad SMARTS) is 1. The standard InChI is InChI=1S/C36H32N2O4/c1-27(42-41)26-38-23-20-31(33-12-6-8-14-35(33)38)18-16-29(25-28-9-3-2-4-10-28)15-17-30-19-22-37(24-21-36(39)40)34-13-7-5-11-32(30)34/h2-20,22-23H,1,21,24-26H2,(H-,39,40,41). The van der Waals surface area contributed by atoms with Gasteiger partial charge in [-0.2, -0.15) is 4.57 Å². The van der Waals surface area contributed by atoms with Crippen molar-refractivity contribution in [2.75, 3.05) is 11.4 Å². The lowest BCUT2D eigenvalue weighted by Gasteiger charge is -2.27. The van der Waals surface area contributed by atoms with Crippen molar-refractivity contribution in [1.29, 1.82) is 0 Å². The number of nitrogens with zero attached hydrogens (tertiary/aromatic N) is 2. The fraction of sp³-hybridized carbons (Fsp3) is 0.111. The SMILES string of the molecule is C=C(C[n+]1ccc(C=CC(=CC=C2C=CN(CCC(=O)O)c3ccccc32)Cc2ccccc2)c2ccccc21)O[O-]. The van der Waals surface area contributed by atoms with E-state index in [2.05, 4.69) is 60.0 Å². The highest BCUT2D eigenvalue weighted by molar-refractivity contribution is 5.88. The number of anilines is 1. The zero-order valence-electron chi connectivity index (χ0n) is 23.2. The number of hydrogen-bond acceptors (Lipinski definition) is 4. The third kappa shape index (κ3) is 6.92. The first-order valence-corrected chi connectivity index (χ1v) is 13.8. The number of para-hydroxylation sites is 2. The molecule has 1 aliphatic rings. The van der Waals surface area contributed by atoms with Crippen molar-refractivity contribution in [2.45, 2.75) is 19.4 Å². The van der Waals surface area contributed by atoms with E-state index in [1.165, 1.54) is 5.56 Å².